The van der Waals surface area contributed by atoms with Crippen LogP contribution >= 0.6 is 11.6 Å². The molecule has 2 aromatic carbocycles. The van der Waals surface area contributed by atoms with E-state index >= 15 is 0 Å². The summed E-state index contributed by atoms with van der Waals surface area (Å²) >= 11 is 5.90. The molecular weight excluding hydrogens is 386 g/mol. The first-order valence-electron chi connectivity index (χ1n) is 8.56. The number of hydrogen-bond donors (Lipinski definition) is 1. The fourth-order valence-corrected chi connectivity index (χ4v) is 3.93. The Hall–Kier alpha value is -2.38. The second-order valence-corrected chi connectivity index (χ2v) is 8.02. The molecule has 0 bridgehead atoms. The molecule has 1 amide bonds. The number of amides is 1. The van der Waals surface area contributed by atoms with Crippen LogP contribution in [0.15, 0.2) is 64.6 Å². The molecule has 0 spiro atoms. The van der Waals surface area contributed by atoms with Gasteiger partial charge in [-0.1, -0.05) is 43.6 Å². The van der Waals surface area contributed by atoms with E-state index in [1.54, 1.807) is 42.5 Å². The molecule has 2 rings (SSSR count). The average Bonchev–Trinajstić information content (AvgIpc) is 2.68. The standard InChI is InChI=1S/C19H22ClN3O3S/c1-3-16(4-2)21-22-19(24)14-23(17-12-10-15(20)11-13-17)27(25,26)18-8-6-5-7-9-18/h5-13H,3-4,14H2,1-2H3,(H,22,24). The van der Waals surface area contributed by atoms with Crippen LogP contribution < -0.4 is 9.73 Å². The highest BCUT2D eigenvalue weighted by Gasteiger charge is 2.27. The van der Waals surface area contributed by atoms with Crippen LogP contribution in [-0.4, -0.2) is 26.6 Å². The summed E-state index contributed by atoms with van der Waals surface area (Å²) in [6, 6.07) is 14.2. The summed E-state index contributed by atoms with van der Waals surface area (Å²) in [4.78, 5) is 12.5. The predicted octanol–water partition coefficient (Wildman–Crippen LogP) is 3.83. The lowest BCUT2D eigenvalue weighted by molar-refractivity contribution is -0.119. The molecule has 0 aromatic heterocycles. The largest absolute Gasteiger partial charge is 0.271 e. The number of anilines is 1. The van der Waals surface area contributed by atoms with E-state index in [1.165, 1.54) is 12.1 Å². The maximum atomic E-state index is 13.1. The summed E-state index contributed by atoms with van der Waals surface area (Å²) in [6.07, 6.45) is 1.42. The van der Waals surface area contributed by atoms with E-state index in [1.807, 2.05) is 13.8 Å². The third-order valence-electron chi connectivity index (χ3n) is 3.89. The lowest BCUT2D eigenvalue weighted by Crippen LogP contribution is -2.39. The minimum atomic E-state index is -3.93. The van der Waals surface area contributed by atoms with Gasteiger partial charge in [0.15, 0.2) is 0 Å². The van der Waals surface area contributed by atoms with Crippen LogP contribution in [0.4, 0.5) is 5.69 Å². The number of hydrazone groups is 1. The SMILES string of the molecule is CCC(CC)=NNC(=O)CN(c1ccc(Cl)cc1)S(=O)(=O)c1ccccc1. The Kier molecular flexibility index (Phi) is 7.38. The number of carbonyl (C=O) groups excluding carboxylic acids is 1. The molecule has 0 saturated heterocycles. The molecule has 0 heterocycles. The minimum Gasteiger partial charge on any atom is -0.271 e. The quantitative estimate of drug-likeness (QED) is 0.533. The molecule has 0 aliphatic carbocycles. The fourth-order valence-electron chi connectivity index (χ4n) is 2.36. The molecule has 0 unspecified atom stereocenters. The molecule has 6 nitrogen and oxygen atoms in total. The van der Waals surface area contributed by atoms with Crippen molar-refractivity contribution < 1.29 is 13.2 Å². The van der Waals surface area contributed by atoms with Crippen LogP contribution in [0.25, 0.3) is 0 Å². The van der Waals surface area contributed by atoms with Crippen LogP contribution in [-0.2, 0) is 14.8 Å². The number of hydrogen-bond acceptors (Lipinski definition) is 4. The van der Waals surface area contributed by atoms with Crippen molar-refractivity contribution in [1.82, 2.24) is 5.43 Å². The monoisotopic (exact) mass is 407 g/mol. The zero-order valence-electron chi connectivity index (χ0n) is 15.2. The predicted molar refractivity (Wildman–Crippen MR) is 109 cm³/mol. The van der Waals surface area contributed by atoms with E-state index in [9.17, 15) is 13.2 Å². The van der Waals surface area contributed by atoms with Gasteiger partial charge in [0.1, 0.15) is 6.54 Å². The second kappa shape index (κ2) is 9.53. The van der Waals surface area contributed by atoms with Gasteiger partial charge in [0.25, 0.3) is 15.9 Å². The molecule has 144 valence electrons. The first-order valence-corrected chi connectivity index (χ1v) is 10.4. The Morgan fingerprint density at radius 3 is 2.19 bits per heavy atom. The Morgan fingerprint density at radius 1 is 1.04 bits per heavy atom. The van der Waals surface area contributed by atoms with Gasteiger partial charge in [0.05, 0.1) is 10.6 Å². The maximum absolute atomic E-state index is 13.1. The number of benzene rings is 2. The topological polar surface area (TPSA) is 78.8 Å². The van der Waals surface area contributed by atoms with Crippen LogP contribution in [0.2, 0.25) is 5.02 Å². The van der Waals surface area contributed by atoms with Gasteiger partial charge in [-0.3, -0.25) is 9.10 Å². The van der Waals surface area contributed by atoms with E-state index in [0.29, 0.717) is 23.6 Å². The Bertz CT molecular complexity index is 892. The van der Waals surface area contributed by atoms with Crippen LogP contribution in [0.5, 0.6) is 0 Å². The van der Waals surface area contributed by atoms with Crippen LogP contribution in [0.3, 0.4) is 0 Å². The normalized spacial score (nSPS) is 10.9. The summed E-state index contributed by atoms with van der Waals surface area (Å²) in [6.45, 7) is 3.48. The third-order valence-corrected chi connectivity index (χ3v) is 5.93. The first-order chi connectivity index (χ1) is 12.9. The molecule has 0 saturated carbocycles. The summed E-state index contributed by atoms with van der Waals surface area (Å²) in [7, 11) is -3.93. The molecule has 0 aliphatic heterocycles. The van der Waals surface area contributed by atoms with Crippen molar-refractivity contribution in [3.63, 3.8) is 0 Å². The molecule has 0 radical (unpaired) electrons. The van der Waals surface area contributed by atoms with Crippen molar-refractivity contribution in [3.05, 3.63) is 59.6 Å². The van der Waals surface area contributed by atoms with Gasteiger partial charge in [-0.15, -0.1) is 0 Å². The van der Waals surface area contributed by atoms with Gasteiger partial charge in [0.2, 0.25) is 0 Å². The summed E-state index contributed by atoms with van der Waals surface area (Å²) < 4.78 is 27.2. The highest BCUT2D eigenvalue weighted by atomic mass is 35.5. The van der Waals surface area contributed by atoms with E-state index in [0.717, 1.165) is 10.0 Å². The number of carbonyl (C=O) groups is 1. The molecule has 2 aromatic rings. The van der Waals surface area contributed by atoms with E-state index in [4.69, 9.17) is 11.6 Å². The highest BCUT2D eigenvalue weighted by molar-refractivity contribution is 7.92. The average molecular weight is 408 g/mol. The van der Waals surface area contributed by atoms with Gasteiger partial charge >= 0.3 is 0 Å². The Balaban J connectivity index is 2.35. The van der Waals surface area contributed by atoms with Gasteiger partial charge in [-0.2, -0.15) is 5.10 Å². The Labute approximate surface area is 164 Å². The number of halogens is 1. The molecule has 0 fully saturated rings. The van der Waals surface area contributed by atoms with Crippen LogP contribution in [0.1, 0.15) is 26.7 Å². The zero-order chi connectivity index (χ0) is 19.9. The number of nitrogens with one attached hydrogen (secondary N) is 1. The van der Waals surface area contributed by atoms with Gasteiger partial charge in [-0.05, 0) is 49.2 Å². The second-order valence-electron chi connectivity index (χ2n) is 5.72. The van der Waals surface area contributed by atoms with Gasteiger partial charge in [0, 0.05) is 10.7 Å². The molecule has 0 aliphatic rings. The third kappa shape index (κ3) is 5.55. The summed E-state index contributed by atoms with van der Waals surface area (Å²) in [5.41, 5.74) is 3.60. The summed E-state index contributed by atoms with van der Waals surface area (Å²) in [5.74, 6) is -0.524. The highest BCUT2D eigenvalue weighted by Crippen LogP contribution is 2.24. The number of nitrogens with zero attached hydrogens (tertiary/aromatic N) is 2. The molecule has 27 heavy (non-hydrogen) atoms. The van der Waals surface area contributed by atoms with Gasteiger partial charge in [-0.25, -0.2) is 13.8 Å². The van der Waals surface area contributed by atoms with Crippen molar-refractivity contribution >= 4 is 38.9 Å². The number of sulfonamides is 1. The van der Waals surface area contributed by atoms with E-state index in [2.05, 4.69) is 10.5 Å². The summed E-state index contributed by atoms with van der Waals surface area (Å²) in [5, 5.41) is 4.52. The maximum Gasteiger partial charge on any atom is 0.264 e. The molecule has 0 atom stereocenters. The molecule has 8 heteroatoms. The lowest BCUT2D eigenvalue weighted by atomic mass is 10.2. The van der Waals surface area contributed by atoms with E-state index in [-0.39, 0.29) is 4.90 Å². The fraction of sp³-hybridized carbons (Fsp3) is 0.263. The van der Waals surface area contributed by atoms with Crippen molar-refractivity contribution in [2.75, 3.05) is 10.8 Å². The molecule has 1 N–H and O–H groups in total. The van der Waals surface area contributed by atoms with Crippen LogP contribution in [0, 0.1) is 0 Å². The van der Waals surface area contributed by atoms with Crippen molar-refractivity contribution in [2.45, 2.75) is 31.6 Å². The van der Waals surface area contributed by atoms with E-state index < -0.39 is 22.5 Å². The smallest absolute Gasteiger partial charge is 0.264 e. The Morgan fingerprint density at radius 2 is 1.63 bits per heavy atom. The lowest BCUT2D eigenvalue weighted by Gasteiger charge is -2.23. The van der Waals surface area contributed by atoms with Crippen molar-refractivity contribution in [2.24, 2.45) is 5.10 Å². The molecular formula is C19H22ClN3O3S. The number of rotatable bonds is 8. The van der Waals surface area contributed by atoms with Crippen molar-refractivity contribution in [3.8, 4) is 0 Å². The first kappa shape index (κ1) is 20.9. The van der Waals surface area contributed by atoms with Gasteiger partial charge < -0.3 is 0 Å². The minimum absolute atomic E-state index is 0.0963. The van der Waals surface area contributed by atoms with Crippen molar-refractivity contribution in [1.29, 1.82) is 0 Å². The zero-order valence-corrected chi connectivity index (χ0v) is 16.8.